The van der Waals surface area contributed by atoms with Crippen molar-refractivity contribution in [1.82, 2.24) is 0 Å². The van der Waals surface area contributed by atoms with Crippen molar-refractivity contribution in [2.45, 2.75) is 101 Å². The van der Waals surface area contributed by atoms with E-state index in [1.807, 2.05) is 6.07 Å². The summed E-state index contributed by atoms with van der Waals surface area (Å²) in [5, 5.41) is 21.4. The molecule has 0 unspecified atom stereocenters. The fourth-order valence-electron chi connectivity index (χ4n) is 7.13. The van der Waals surface area contributed by atoms with Gasteiger partial charge < -0.3 is 24.6 Å². The Morgan fingerprint density at radius 1 is 1.00 bits per heavy atom. The summed E-state index contributed by atoms with van der Waals surface area (Å²) in [4.78, 5) is 2.54. The van der Waals surface area contributed by atoms with Crippen LogP contribution in [0.15, 0.2) is 12.1 Å². The number of phenols is 1. The van der Waals surface area contributed by atoms with Gasteiger partial charge in [-0.2, -0.15) is 0 Å². The molecule has 1 saturated carbocycles. The van der Waals surface area contributed by atoms with E-state index in [0.29, 0.717) is 42.4 Å². The zero-order valence-electron chi connectivity index (χ0n) is 16.8. The van der Waals surface area contributed by atoms with E-state index >= 15 is 0 Å². The Morgan fingerprint density at radius 3 is 2.36 bits per heavy atom. The largest absolute Gasteiger partial charge is 0.507 e. The molecule has 28 heavy (non-hydrogen) atoms. The third-order valence-electron chi connectivity index (χ3n) is 8.17. The van der Waals surface area contributed by atoms with Crippen LogP contribution in [0.1, 0.15) is 70.3 Å². The van der Waals surface area contributed by atoms with Crippen molar-refractivity contribution < 1.29 is 19.7 Å². The average molecular weight is 386 g/mol. The van der Waals surface area contributed by atoms with Crippen molar-refractivity contribution in [3.63, 3.8) is 0 Å². The molecule has 5 nitrogen and oxygen atoms in total. The van der Waals surface area contributed by atoms with Gasteiger partial charge in [0, 0.05) is 47.3 Å². The number of aliphatic hydroxyl groups excluding tert-OH is 1. The number of aliphatic hydroxyl groups is 1. The number of hydrogen-bond donors (Lipinski definition) is 2. The van der Waals surface area contributed by atoms with E-state index in [1.54, 1.807) is 0 Å². The molecule has 3 atom stereocenters. The van der Waals surface area contributed by atoms with E-state index in [4.69, 9.17) is 9.47 Å². The van der Waals surface area contributed by atoms with Crippen LogP contribution in [0.3, 0.4) is 0 Å². The molecule has 1 aliphatic carbocycles. The molecular weight excluding hydrogens is 354 g/mol. The molecule has 2 N–H and O–H groups in total. The van der Waals surface area contributed by atoms with Crippen LogP contribution in [0.5, 0.6) is 11.5 Å². The van der Waals surface area contributed by atoms with Crippen LogP contribution in [0.25, 0.3) is 0 Å². The van der Waals surface area contributed by atoms with Gasteiger partial charge in [-0.25, -0.2) is 0 Å². The molecule has 0 aromatic heterocycles. The van der Waals surface area contributed by atoms with Crippen LogP contribution >= 0.6 is 0 Å². The molecule has 152 valence electrons. The Morgan fingerprint density at radius 2 is 1.68 bits per heavy atom. The summed E-state index contributed by atoms with van der Waals surface area (Å²) in [5.74, 6) is 1.66. The second-order valence-corrected chi connectivity index (χ2v) is 10.3. The summed E-state index contributed by atoms with van der Waals surface area (Å²) in [5.41, 5.74) is 1.73. The fraction of sp³-hybridized carbons (Fsp3) is 0.739. The standard InChI is InChI=1S/C23H31NO4/c1-23(2)19-4-3-15(25)11-18(19)22-20(26)9-14(10-21(22)28-23)24-12-5-16-7-13(24)8-17(6-12)27-16/h9-10,12-13,15-19,25-26H,3-8,11H2,1-2H3/t12?,13?,15-,16?,17?,18-,19-/m1/s1. The Bertz CT molecular complexity index is 778. The van der Waals surface area contributed by atoms with Crippen molar-refractivity contribution in [1.29, 1.82) is 0 Å². The monoisotopic (exact) mass is 385 g/mol. The Labute approximate surface area is 166 Å². The van der Waals surface area contributed by atoms with E-state index in [1.165, 1.54) is 0 Å². The summed E-state index contributed by atoms with van der Waals surface area (Å²) in [7, 11) is 0. The van der Waals surface area contributed by atoms with Crippen LogP contribution in [0.4, 0.5) is 5.69 Å². The molecule has 5 heterocycles. The van der Waals surface area contributed by atoms with Gasteiger partial charge in [0.05, 0.1) is 18.3 Å². The minimum Gasteiger partial charge on any atom is -0.507 e. The molecule has 0 amide bonds. The SMILES string of the molecule is CC1(C)Oc2cc(N3C4CC5CC3CC(C4)O5)cc(O)c2[C@@H]2C[C@H](O)CC[C@H]21. The summed E-state index contributed by atoms with van der Waals surface area (Å²) in [6.07, 6.45) is 7.41. The minimum absolute atomic E-state index is 0.165. The molecule has 1 aromatic rings. The topological polar surface area (TPSA) is 62.2 Å². The number of phenolic OH excluding ortho intramolecular Hbond substituents is 1. The second-order valence-electron chi connectivity index (χ2n) is 10.3. The number of nitrogens with zero attached hydrogens (tertiary/aromatic N) is 1. The number of anilines is 1. The van der Waals surface area contributed by atoms with Crippen molar-refractivity contribution in [2.24, 2.45) is 5.92 Å². The van der Waals surface area contributed by atoms with E-state index in [9.17, 15) is 10.2 Å². The predicted molar refractivity (Wildman–Crippen MR) is 106 cm³/mol. The first-order chi connectivity index (χ1) is 13.4. The highest BCUT2D eigenvalue weighted by molar-refractivity contribution is 5.63. The molecule has 4 saturated heterocycles. The molecule has 5 heteroatoms. The number of aromatic hydroxyl groups is 1. The van der Waals surface area contributed by atoms with Gasteiger partial charge in [0.15, 0.2) is 0 Å². The highest BCUT2D eigenvalue weighted by atomic mass is 16.5. The van der Waals surface area contributed by atoms with Crippen LogP contribution in [0.2, 0.25) is 0 Å². The molecule has 1 aromatic carbocycles. The Hall–Kier alpha value is -1.46. The van der Waals surface area contributed by atoms with Gasteiger partial charge in [-0.05, 0) is 58.8 Å². The normalized spacial score (nSPS) is 42.7. The second kappa shape index (κ2) is 5.79. The van der Waals surface area contributed by atoms with Crippen LogP contribution < -0.4 is 9.64 Å². The van der Waals surface area contributed by atoms with E-state index < -0.39 is 0 Å². The van der Waals surface area contributed by atoms with Gasteiger partial charge in [-0.15, -0.1) is 0 Å². The third-order valence-corrected chi connectivity index (χ3v) is 8.17. The number of hydrogen-bond acceptors (Lipinski definition) is 5. The Kier molecular flexibility index (Phi) is 3.60. The summed E-state index contributed by atoms with van der Waals surface area (Å²) in [6.45, 7) is 4.32. The maximum Gasteiger partial charge on any atom is 0.129 e. The molecule has 5 aliphatic heterocycles. The lowest BCUT2D eigenvalue weighted by Crippen LogP contribution is -2.62. The number of ether oxygens (including phenoxy) is 2. The molecule has 6 aliphatic rings. The van der Waals surface area contributed by atoms with Gasteiger partial charge in [0.25, 0.3) is 0 Å². The lowest BCUT2D eigenvalue weighted by molar-refractivity contribution is -0.120. The molecule has 0 radical (unpaired) electrons. The maximum atomic E-state index is 11.1. The van der Waals surface area contributed by atoms with Crippen molar-refractivity contribution in [2.75, 3.05) is 4.90 Å². The quantitative estimate of drug-likeness (QED) is 0.772. The molecule has 0 spiro atoms. The molecule has 5 fully saturated rings. The average Bonchev–Trinajstić information content (AvgIpc) is 2.59. The van der Waals surface area contributed by atoms with Gasteiger partial charge in [-0.1, -0.05) is 0 Å². The van der Waals surface area contributed by atoms with Crippen molar-refractivity contribution in [3.05, 3.63) is 17.7 Å². The van der Waals surface area contributed by atoms with E-state index in [2.05, 4.69) is 24.8 Å². The minimum atomic E-state index is -0.282. The fourth-order valence-corrected chi connectivity index (χ4v) is 7.13. The first-order valence-corrected chi connectivity index (χ1v) is 11.1. The van der Waals surface area contributed by atoms with Crippen molar-refractivity contribution >= 4 is 5.69 Å². The lowest BCUT2D eigenvalue weighted by atomic mass is 9.66. The highest BCUT2D eigenvalue weighted by Gasteiger charge is 2.50. The zero-order chi connectivity index (χ0) is 19.2. The first-order valence-electron chi connectivity index (χ1n) is 11.1. The van der Waals surface area contributed by atoms with Crippen LogP contribution in [-0.4, -0.2) is 46.2 Å². The van der Waals surface area contributed by atoms with Crippen LogP contribution in [-0.2, 0) is 4.74 Å². The van der Waals surface area contributed by atoms with Gasteiger partial charge in [0.1, 0.15) is 17.1 Å². The number of benzene rings is 1. The first kappa shape index (κ1) is 17.4. The van der Waals surface area contributed by atoms with Crippen molar-refractivity contribution in [3.8, 4) is 11.5 Å². The maximum absolute atomic E-state index is 11.1. The third kappa shape index (κ3) is 2.45. The van der Waals surface area contributed by atoms with Gasteiger partial charge >= 0.3 is 0 Å². The smallest absolute Gasteiger partial charge is 0.129 e. The summed E-state index contributed by atoms with van der Waals surface area (Å²) in [6, 6.07) is 5.14. The number of piperidine rings is 2. The van der Waals surface area contributed by atoms with Crippen LogP contribution in [0, 0.1) is 5.92 Å². The summed E-state index contributed by atoms with van der Waals surface area (Å²) >= 11 is 0. The van der Waals surface area contributed by atoms with Gasteiger partial charge in [0.2, 0.25) is 0 Å². The number of fused-ring (bicyclic) bond motifs is 3. The highest BCUT2D eigenvalue weighted by Crippen LogP contribution is 2.56. The lowest BCUT2D eigenvalue weighted by Gasteiger charge is -2.57. The molecular formula is C23H31NO4. The summed E-state index contributed by atoms with van der Waals surface area (Å²) < 4.78 is 12.6. The molecule has 7 rings (SSSR count). The van der Waals surface area contributed by atoms with E-state index in [0.717, 1.165) is 55.5 Å². The van der Waals surface area contributed by atoms with Gasteiger partial charge in [-0.3, -0.25) is 0 Å². The Balaban J connectivity index is 1.41. The zero-order valence-corrected chi connectivity index (χ0v) is 16.8. The predicted octanol–water partition coefficient (Wildman–Crippen LogP) is 3.71. The number of rotatable bonds is 1. The molecule has 4 bridgehead atoms. The van der Waals surface area contributed by atoms with E-state index in [-0.39, 0.29) is 17.6 Å².